The standard InChI is InChI=1S/C19H13BrClN3O3/c1-26-15-4-2-14(3-5-15)24-19(25)13(11-23)8-12-9-16(20)18(17(21)10-12)27-7-6-22/h2-5,8-10H,7H2,1H3,(H,24,25)/b13-8-. The summed E-state index contributed by atoms with van der Waals surface area (Å²) in [6.45, 7) is -0.152. The highest BCUT2D eigenvalue weighted by molar-refractivity contribution is 9.10. The van der Waals surface area contributed by atoms with Crippen molar-refractivity contribution in [3.05, 3.63) is 57.0 Å². The third kappa shape index (κ3) is 5.49. The number of rotatable bonds is 6. The molecule has 0 aromatic heterocycles. The fourth-order valence-electron chi connectivity index (χ4n) is 2.09. The summed E-state index contributed by atoms with van der Waals surface area (Å²) in [5.41, 5.74) is 0.957. The molecule has 2 aromatic rings. The molecule has 0 bridgehead atoms. The van der Waals surface area contributed by atoms with Gasteiger partial charge in [-0.1, -0.05) is 11.6 Å². The summed E-state index contributed by atoms with van der Waals surface area (Å²) in [4.78, 5) is 12.3. The summed E-state index contributed by atoms with van der Waals surface area (Å²) < 4.78 is 10.8. The molecule has 0 fully saturated rings. The predicted molar refractivity (Wildman–Crippen MR) is 105 cm³/mol. The number of anilines is 1. The Hall–Kier alpha value is -3.00. The van der Waals surface area contributed by atoms with E-state index in [4.69, 9.17) is 26.3 Å². The number of hydrogen-bond donors (Lipinski definition) is 1. The molecule has 0 radical (unpaired) electrons. The van der Waals surface area contributed by atoms with Gasteiger partial charge in [0, 0.05) is 5.69 Å². The van der Waals surface area contributed by atoms with Crippen LogP contribution in [0.4, 0.5) is 5.69 Å². The van der Waals surface area contributed by atoms with E-state index in [2.05, 4.69) is 21.2 Å². The zero-order valence-corrected chi connectivity index (χ0v) is 16.5. The van der Waals surface area contributed by atoms with Crippen LogP contribution in [0, 0.1) is 22.7 Å². The maximum atomic E-state index is 12.3. The van der Waals surface area contributed by atoms with Gasteiger partial charge in [-0.2, -0.15) is 10.5 Å². The number of nitrogens with zero attached hydrogens (tertiary/aromatic N) is 2. The predicted octanol–water partition coefficient (Wildman–Crippen LogP) is 4.56. The first-order valence-corrected chi connectivity index (χ1v) is 8.71. The number of carbonyl (C=O) groups excluding carboxylic acids is 1. The molecule has 0 unspecified atom stereocenters. The van der Waals surface area contributed by atoms with Gasteiger partial charge in [-0.3, -0.25) is 4.79 Å². The van der Waals surface area contributed by atoms with Crippen molar-refractivity contribution in [2.75, 3.05) is 19.0 Å². The Morgan fingerprint density at radius 1 is 1.30 bits per heavy atom. The van der Waals surface area contributed by atoms with Crippen LogP contribution >= 0.6 is 27.5 Å². The van der Waals surface area contributed by atoms with Gasteiger partial charge < -0.3 is 14.8 Å². The van der Waals surface area contributed by atoms with E-state index in [0.717, 1.165) is 0 Å². The average Bonchev–Trinajstić information content (AvgIpc) is 2.66. The lowest BCUT2D eigenvalue weighted by atomic mass is 10.1. The highest BCUT2D eigenvalue weighted by atomic mass is 79.9. The van der Waals surface area contributed by atoms with E-state index in [-0.39, 0.29) is 17.2 Å². The average molecular weight is 447 g/mol. The van der Waals surface area contributed by atoms with E-state index < -0.39 is 5.91 Å². The second-order valence-electron chi connectivity index (χ2n) is 5.11. The van der Waals surface area contributed by atoms with Crippen molar-refractivity contribution in [1.29, 1.82) is 10.5 Å². The van der Waals surface area contributed by atoms with Gasteiger partial charge in [-0.15, -0.1) is 0 Å². The van der Waals surface area contributed by atoms with Crippen LogP contribution in [0.15, 0.2) is 46.4 Å². The Kier molecular flexibility index (Phi) is 7.25. The highest BCUT2D eigenvalue weighted by Gasteiger charge is 2.13. The third-order valence-corrected chi connectivity index (χ3v) is 4.20. The summed E-state index contributed by atoms with van der Waals surface area (Å²) in [5.74, 6) is 0.415. The van der Waals surface area contributed by atoms with Crippen LogP contribution < -0.4 is 14.8 Å². The first-order valence-electron chi connectivity index (χ1n) is 7.54. The molecular formula is C19H13BrClN3O3. The lowest BCUT2D eigenvalue weighted by molar-refractivity contribution is -0.112. The molecule has 0 saturated carbocycles. The number of ether oxygens (including phenoxy) is 2. The second kappa shape index (κ2) is 9.63. The molecule has 6 nitrogen and oxygen atoms in total. The molecule has 136 valence electrons. The van der Waals surface area contributed by atoms with Crippen molar-refractivity contribution in [2.24, 2.45) is 0 Å². The molecule has 0 heterocycles. The maximum absolute atomic E-state index is 12.3. The second-order valence-corrected chi connectivity index (χ2v) is 6.37. The van der Waals surface area contributed by atoms with Crippen LogP contribution in [0.1, 0.15) is 5.56 Å². The first kappa shape index (κ1) is 20.3. The number of methoxy groups -OCH3 is 1. The van der Waals surface area contributed by atoms with E-state index in [1.54, 1.807) is 37.4 Å². The molecule has 27 heavy (non-hydrogen) atoms. The Morgan fingerprint density at radius 3 is 2.56 bits per heavy atom. The number of amides is 1. The monoisotopic (exact) mass is 445 g/mol. The molecule has 1 N–H and O–H groups in total. The smallest absolute Gasteiger partial charge is 0.266 e. The van der Waals surface area contributed by atoms with Gasteiger partial charge in [0.25, 0.3) is 5.91 Å². The van der Waals surface area contributed by atoms with Crippen LogP contribution in [-0.2, 0) is 4.79 Å². The third-order valence-electron chi connectivity index (χ3n) is 3.33. The van der Waals surface area contributed by atoms with E-state index in [9.17, 15) is 10.1 Å². The van der Waals surface area contributed by atoms with Crippen LogP contribution in [0.3, 0.4) is 0 Å². The minimum absolute atomic E-state index is 0.0977. The van der Waals surface area contributed by atoms with E-state index in [1.165, 1.54) is 12.1 Å². The number of carbonyl (C=O) groups is 1. The molecule has 0 aliphatic carbocycles. The molecule has 1 amide bonds. The van der Waals surface area contributed by atoms with Crippen molar-refractivity contribution >= 4 is 45.2 Å². The van der Waals surface area contributed by atoms with Crippen molar-refractivity contribution in [1.82, 2.24) is 0 Å². The summed E-state index contributed by atoms with van der Waals surface area (Å²) in [5, 5.41) is 20.8. The summed E-state index contributed by atoms with van der Waals surface area (Å²) in [6, 6.07) is 13.6. The minimum Gasteiger partial charge on any atom is -0.497 e. The van der Waals surface area contributed by atoms with Crippen molar-refractivity contribution in [3.63, 3.8) is 0 Å². The SMILES string of the molecule is COc1ccc(NC(=O)/C(C#N)=C\c2cc(Cl)c(OCC#N)c(Br)c2)cc1. The number of halogens is 2. The fourth-order valence-corrected chi connectivity index (χ4v) is 3.08. The first-order chi connectivity index (χ1) is 13.0. The van der Waals surface area contributed by atoms with Gasteiger partial charge in [0.15, 0.2) is 12.4 Å². The molecule has 0 saturated heterocycles. The molecular weight excluding hydrogens is 434 g/mol. The molecule has 8 heteroatoms. The van der Waals surface area contributed by atoms with Crippen molar-refractivity contribution in [3.8, 4) is 23.6 Å². The number of nitrogens with one attached hydrogen (secondary N) is 1. The van der Waals surface area contributed by atoms with Gasteiger partial charge in [0.05, 0.1) is 16.6 Å². The summed E-state index contributed by atoms with van der Waals surface area (Å²) in [6.07, 6.45) is 1.41. The largest absolute Gasteiger partial charge is 0.497 e. The van der Waals surface area contributed by atoms with Gasteiger partial charge in [0.1, 0.15) is 23.5 Å². The van der Waals surface area contributed by atoms with Gasteiger partial charge in [0.2, 0.25) is 0 Å². The lowest BCUT2D eigenvalue weighted by Gasteiger charge is -2.09. The quantitative estimate of drug-likeness (QED) is 0.518. The van der Waals surface area contributed by atoms with Crippen molar-refractivity contribution in [2.45, 2.75) is 0 Å². The Balaban J connectivity index is 2.23. The fraction of sp³-hybridized carbons (Fsp3) is 0.105. The zero-order chi connectivity index (χ0) is 19.8. The van der Waals surface area contributed by atoms with E-state index >= 15 is 0 Å². The number of hydrogen-bond acceptors (Lipinski definition) is 5. The van der Waals surface area contributed by atoms with Crippen LogP contribution in [0.25, 0.3) is 6.08 Å². The summed E-state index contributed by atoms with van der Waals surface area (Å²) >= 11 is 9.45. The van der Waals surface area contributed by atoms with Crippen molar-refractivity contribution < 1.29 is 14.3 Å². The Labute approximate surface area is 169 Å². The van der Waals surface area contributed by atoms with Gasteiger partial charge in [-0.05, 0) is 64.0 Å². The molecule has 2 rings (SSSR count). The zero-order valence-electron chi connectivity index (χ0n) is 14.1. The lowest BCUT2D eigenvalue weighted by Crippen LogP contribution is -2.13. The Bertz CT molecular complexity index is 937. The Morgan fingerprint density at radius 2 is 2.00 bits per heavy atom. The van der Waals surface area contributed by atoms with E-state index in [0.29, 0.717) is 27.2 Å². The van der Waals surface area contributed by atoms with Crippen LogP contribution in [0.5, 0.6) is 11.5 Å². The minimum atomic E-state index is -0.556. The maximum Gasteiger partial charge on any atom is 0.266 e. The topological polar surface area (TPSA) is 95.1 Å². The van der Waals surface area contributed by atoms with Gasteiger partial charge >= 0.3 is 0 Å². The number of nitriles is 2. The van der Waals surface area contributed by atoms with E-state index in [1.807, 2.05) is 12.1 Å². The molecule has 0 aliphatic heterocycles. The summed E-state index contributed by atoms with van der Waals surface area (Å²) in [7, 11) is 1.55. The highest BCUT2D eigenvalue weighted by Crippen LogP contribution is 2.35. The van der Waals surface area contributed by atoms with Crippen LogP contribution in [0.2, 0.25) is 5.02 Å². The molecule has 0 aliphatic rings. The van der Waals surface area contributed by atoms with Crippen LogP contribution in [-0.4, -0.2) is 19.6 Å². The molecule has 0 spiro atoms. The van der Waals surface area contributed by atoms with Gasteiger partial charge in [-0.25, -0.2) is 0 Å². The molecule has 2 aromatic carbocycles. The number of benzene rings is 2. The molecule has 0 atom stereocenters. The normalized spacial score (nSPS) is 10.5.